The summed E-state index contributed by atoms with van der Waals surface area (Å²) in [7, 11) is 1.49. The molecule has 1 heterocycles. The van der Waals surface area contributed by atoms with Crippen molar-refractivity contribution in [1.82, 2.24) is 10.9 Å². The van der Waals surface area contributed by atoms with Crippen molar-refractivity contribution in [3.05, 3.63) is 59.2 Å². The lowest BCUT2D eigenvalue weighted by molar-refractivity contribution is -0.140. The van der Waals surface area contributed by atoms with Crippen LogP contribution in [0.1, 0.15) is 53.5 Å². The molecule has 32 heavy (non-hydrogen) atoms. The van der Waals surface area contributed by atoms with Gasteiger partial charge in [-0.3, -0.25) is 20.4 Å². The second kappa shape index (κ2) is 9.72. The molecule has 8 heteroatoms. The fraction of sp³-hybridized carbons (Fsp3) is 0.375. The van der Waals surface area contributed by atoms with E-state index < -0.39 is 23.4 Å². The van der Waals surface area contributed by atoms with Crippen molar-refractivity contribution in [3.63, 3.8) is 0 Å². The Morgan fingerprint density at radius 2 is 1.88 bits per heavy atom. The first kappa shape index (κ1) is 23.1. The molecule has 1 aliphatic heterocycles. The number of hydrogen-bond acceptors (Lipinski definition) is 6. The van der Waals surface area contributed by atoms with E-state index in [1.54, 1.807) is 36.4 Å². The molecule has 2 N–H and O–H groups in total. The Bertz CT molecular complexity index is 1020. The van der Waals surface area contributed by atoms with Crippen molar-refractivity contribution >= 4 is 17.8 Å². The van der Waals surface area contributed by atoms with Crippen LogP contribution in [0.5, 0.6) is 11.5 Å². The highest BCUT2D eigenvalue weighted by Crippen LogP contribution is 2.29. The standard InChI is InChI=1S/C24H28N2O6/c1-15(2)11-12-31-19-10-9-16(13-20(19)30-4)21(27)25-26-23(29)24(3)14-17-7-5-6-8-18(17)22(28)32-24/h5-10,13,15H,11-12,14H2,1-4H3,(H,25,27)(H,26,29). The molecule has 0 saturated heterocycles. The van der Waals surface area contributed by atoms with E-state index >= 15 is 0 Å². The monoisotopic (exact) mass is 440 g/mol. The molecule has 1 atom stereocenters. The zero-order valence-corrected chi connectivity index (χ0v) is 18.7. The predicted molar refractivity (Wildman–Crippen MR) is 118 cm³/mol. The van der Waals surface area contributed by atoms with Crippen molar-refractivity contribution in [2.75, 3.05) is 13.7 Å². The molecule has 2 aromatic rings. The molecule has 170 valence electrons. The molecular weight excluding hydrogens is 412 g/mol. The molecule has 0 spiro atoms. The summed E-state index contributed by atoms with van der Waals surface area (Å²) in [4.78, 5) is 37.5. The molecule has 0 radical (unpaired) electrons. The van der Waals surface area contributed by atoms with Crippen molar-refractivity contribution < 1.29 is 28.6 Å². The van der Waals surface area contributed by atoms with Crippen LogP contribution in [0, 0.1) is 5.92 Å². The Balaban J connectivity index is 1.63. The average molecular weight is 440 g/mol. The minimum atomic E-state index is -1.44. The van der Waals surface area contributed by atoms with E-state index in [0.29, 0.717) is 35.2 Å². The third kappa shape index (κ3) is 5.19. The van der Waals surface area contributed by atoms with Crippen molar-refractivity contribution in [2.24, 2.45) is 5.92 Å². The van der Waals surface area contributed by atoms with Gasteiger partial charge in [0.1, 0.15) is 0 Å². The van der Waals surface area contributed by atoms with Gasteiger partial charge in [0.05, 0.1) is 19.3 Å². The van der Waals surface area contributed by atoms with Gasteiger partial charge < -0.3 is 14.2 Å². The maximum atomic E-state index is 12.7. The van der Waals surface area contributed by atoms with Crippen LogP contribution in [0.2, 0.25) is 0 Å². The highest BCUT2D eigenvalue weighted by atomic mass is 16.6. The van der Waals surface area contributed by atoms with E-state index in [4.69, 9.17) is 14.2 Å². The minimum absolute atomic E-state index is 0.201. The summed E-state index contributed by atoms with van der Waals surface area (Å²) < 4.78 is 16.4. The fourth-order valence-corrected chi connectivity index (χ4v) is 3.31. The van der Waals surface area contributed by atoms with Crippen LogP contribution in [-0.4, -0.2) is 37.1 Å². The number of cyclic esters (lactones) is 1. The summed E-state index contributed by atoms with van der Waals surface area (Å²) in [5.41, 5.74) is 4.70. The summed E-state index contributed by atoms with van der Waals surface area (Å²) >= 11 is 0. The van der Waals surface area contributed by atoms with Gasteiger partial charge in [-0.1, -0.05) is 32.0 Å². The Morgan fingerprint density at radius 1 is 1.12 bits per heavy atom. The molecule has 2 amide bonds. The lowest BCUT2D eigenvalue weighted by atomic mass is 9.89. The summed E-state index contributed by atoms with van der Waals surface area (Å²) in [6, 6.07) is 11.7. The predicted octanol–water partition coefficient (Wildman–Crippen LogP) is 3.05. The van der Waals surface area contributed by atoms with Gasteiger partial charge in [-0.15, -0.1) is 0 Å². The van der Waals surface area contributed by atoms with E-state index in [1.807, 2.05) is 0 Å². The molecule has 2 aromatic carbocycles. The molecule has 3 rings (SSSR count). The normalized spacial score (nSPS) is 17.2. The second-order valence-corrected chi connectivity index (χ2v) is 8.26. The number of hydrogen-bond donors (Lipinski definition) is 2. The molecule has 0 saturated carbocycles. The van der Waals surface area contributed by atoms with E-state index in [0.717, 1.165) is 6.42 Å². The molecule has 0 aromatic heterocycles. The minimum Gasteiger partial charge on any atom is -0.493 e. The maximum Gasteiger partial charge on any atom is 0.339 e. The lowest BCUT2D eigenvalue weighted by Gasteiger charge is -2.32. The summed E-state index contributed by atoms with van der Waals surface area (Å²) in [6.07, 6.45) is 1.10. The number of amides is 2. The maximum absolute atomic E-state index is 12.7. The van der Waals surface area contributed by atoms with Gasteiger partial charge in [-0.05, 0) is 49.1 Å². The van der Waals surface area contributed by atoms with E-state index in [1.165, 1.54) is 20.1 Å². The number of carbonyl (C=O) groups excluding carboxylic acids is 3. The largest absolute Gasteiger partial charge is 0.493 e. The molecule has 0 aliphatic carbocycles. The molecule has 1 aliphatic rings. The zero-order chi connectivity index (χ0) is 23.3. The number of carbonyl (C=O) groups is 3. The highest BCUT2D eigenvalue weighted by Gasteiger charge is 2.42. The number of methoxy groups -OCH3 is 1. The van der Waals surface area contributed by atoms with Crippen LogP contribution in [-0.2, 0) is 16.0 Å². The molecule has 8 nitrogen and oxygen atoms in total. The Morgan fingerprint density at radius 3 is 2.59 bits per heavy atom. The third-order valence-corrected chi connectivity index (χ3v) is 5.23. The van der Waals surface area contributed by atoms with Gasteiger partial charge >= 0.3 is 5.97 Å². The fourth-order valence-electron chi connectivity index (χ4n) is 3.31. The van der Waals surface area contributed by atoms with Gasteiger partial charge in [0, 0.05) is 12.0 Å². The highest BCUT2D eigenvalue weighted by molar-refractivity contribution is 5.99. The number of fused-ring (bicyclic) bond motifs is 1. The number of rotatable bonds is 7. The van der Waals surface area contributed by atoms with E-state index in [2.05, 4.69) is 24.7 Å². The number of nitrogens with one attached hydrogen (secondary N) is 2. The van der Waals surface area contributed by atoms with Crippen molar-refractivity contribution in [2.45, 2.75) is 39.2 Å². The van der Waals surface area contributed by atoms with Crippen LogP contribution >= 0.6 is 0 Å². The van der Waals surface area contributed by atoms with Crippen molar-refractivity contribution in [3.8, 4) is 11.5 Å². The summed E-state index contributed by atoms with van der Waals surface area (Å²) in [6.45, 7) is 6.26. The topological polar surface area (TPSA) is 103 Å². The average Bonchev–Trinajstić information content (AvgIpc) is 2.77. The van der Waals surface area contributed by atoms with Gasteiger partial charge in [-0.2, -0.15) is 0 Å². The summed E-state index contributed by atoms with van der Waals surface area (Å²) in [5.74, 6) is -0.292. The third-order valence-electron chi connectivity index (χ3n) is 5.23. The smallest absolute Gasteiger partial charge is 0.339 e. The molecule has 0 bridgehead atoms. The van der Waals surface area contributed by atoms with Gasteiger partial charge in [-0.25, -0.2) is 4.79 Å². The number of ether oxygens (including phenoxy) is 3. The first-order valence-electron chi connectivity index (χ1n) is 10.5. The van der Waals surface area contributed by atoms with Crippen LogP contribution in [0.25, 0.3) is 0 Å². The van der Waals surface area contributed by atoms with Gasteiger partial charge in [0.2, 0.25) is 0 Å². The van der Waals surface area contributed by atoms with E-state index in [9.17, 15) is 14.4 Å². The number of benzene rings is 2. The number of esters is 1. The SMILES string of the molecule is COc1cc(C(=O)NNC(=O)C2(C)Cc3ccccc3C(=O)O2)ccc1OCCC(C)C. The Kier molecular flexibility index (Phi) is 7.02. The number of hydrazine groups is 1. The molecule has 0 fully saturated rings. The first-order valence-corrected chi connectivity index (χ1v) is 10.5. The van der Waals surface area contributed by atoms with E-state index in [-0.39, 0.29) is 12.0 Å². The van der Waals surface area contributed by atoms with Gasteiger partial charge in [0.25, 0.3) is 11.8 Å². The molecular formula is C24H28N2O6. The van der Waals surface area contributed by atoms with Crippen molar-refractivity contribution in [1.29, 1.82) is 0 Å². The second-order valence-electron chi connectivity index (χ2n) is 8.26. The Hall–Kier alpha value is -3.55. The zero-order valence-electron chi connectivity index (χ0n) is 18.7. The Labute approximate surface area is 187 Å². The van der Waals surface area contributed by atoms with Crippen LogP contribution < -0.4 is 20.3 Å². The quantitative estimate of drug-likeness (QED) is 0.507. The summed E-state index contributed by atoms with van der Waals surface area (Å²) in [5, 5.41) is 0. The molecule has 1 unspecified atom stereocenters. The van der Waals surface area contributed by atoms with Crippen LogP contribution in [0.4, 0.5) is 0 Å². The van der Waals surface area contributed by atoms with Gasteiger partial charge in [0.15, 0.2) is 17.1 Å². The first-order chi connectivity index (χ1) is 15.2. The van der Waals surface area contributed by atoms with Crippen LogP contribution in [0.15, 0.2) is 42.5 Å². The lowest BCUT2D eigenvalue weighted by Crippen LogP contribution is -2.56. The van der Waals surface area contributed by atoms with Crippen LogP contribution in [0.3, 0.4) is 0 Å².